The van der Waals surface area contributed by atoms with E-state index >= 15 is 0 Å². The summed E-state index contributed by atoms with van der Waals surface area (Å²) in [5.74, 6) is -1.92. The molecule has 6 heteroatoms. The minimum Gasteiger partial charge on any atom is -0.481 e. The highest BCUT2D eigenvalue weighted by molar-refractivity contribution is 5.75. The molecule has 21 heavy (non-hydrogen) atoms. The highest BCUT2D eigenvalue weighted by Gasteiger charge is 2.47. The van der Waals surface area contributed by atoms with Crippen molar-refractivity contribution >= 4 is 5.97 Å². The number of nitrogens with zero attached hydrogens (tertiary/aromatic N) is 1. The minimum atomic E-state index is -4.08. The minimum absolute atomic E-state index is 0.127. The second-order valence-corrected chi connectivity index (χ2v) is 6.60. The van der Waals surface area contributed by atoms with Crippen LogP contribution in [0.25, 0.3) is 0 Å². The van der Waals surface area contributed by atoms with Gasteiger partial charge in [-0.15, -0.1) is 0 Å². The molecule has 122 valence electrons. The molecule has 0 aromatic heterocycles. The quantitative estimate of drug-likeness (QED) is 0.861. The van der Waals surface area contributed by atoms with Gasteiger partial charge in [0.05, 0.1) is 11.3 Å². The predicted octanol–water partition coefficient (Wildman–Crippen LogP) is 3.68. The van der Waals surface area contributed by atoms with Gasteiger partial charge >= 0.3 is 12.1 Å². The standard InChI is InChI=1S/C15H24F3NO2/c1-2-7-14(13(20)21)8-9-19(10-14)12-5-3-11(4-6-12)15(16,17)18/h11-12H,2-10H2,1H3,(H,20,21). The smallest absolute Gasteiger partial charge is 0.391 e. The van der Waals surface area contributed by atoms with Crippen LogP contribution in [0.15, 0.2) is 0 Å². The van der Waals surface area contributed by atoms with Crippen LogP contribution in [0, 0.1) is 11.3 Å². The molecule has 1 unspecified atom stereocenters. The zero-order valence-corrected chi connectivity index (χ0v) is 12.5. The summed E-state index contributed by atoms with van der Waals surface area (Å²) in [5, 5.41) is 9.48. The number of halogens is 3. The topological polar surface area (TPSA) is 40.5 Å². The van der Waals surface area contributed by atoms with Crippen LogP contribution in [0.5, 0.6) is 0 Å². The second kappa shape index (κ2) is 6.15. The summed E-state index contributed by atoms with van der Waals surface area (Å²) in [6.07, 6.45) is -0.564. The summed E-state index contributed by atoms with van der Waals surface area (Å²) in [5.41, 5.74) is -0.685. The number of carboxylic acid groups (broad SMARTS) is 1. The van der Waals surface area contributed by atoms with Gasteiger partial charge in [-0.05, 0) is 45.1 Å². The molecule has 2 fully saturated rings. The van der Waals surface area contributed by atoms with Crippen molar-refractivity contribution in [2.45, 2.75) is 64.1 Å². The van der Waals surface area contributed by atoms with E-state index in [2.05, 4.69) is 4.90 Å². The van der Waals surface area contributed by atoms with Crippen LogP contribution in [0.2, 0.25) is 0 Å². The molecule has 1 aliphatic heterocycles. The van der Waals surface area contributed by atoms with Crippen molar-refractivity contribution < 1.29 is 23.1 Å². The number of hydrogen-bond donors (Lipinski definition) is 1. The normalized spacial score (nSPS) is 35.0. The first kappa shape index (κ1) is 16.6. The summed E-state index contributed by atoms with van der Waals surface area (Å²) in [4.78, 5) is 13.7. The van der Waals surface area contributed by atoms with E-state index in [1.807, 2.05) is 6.92 Å². The molecule has 1 N–H and O–H groups in total. The van der Waals surface area contributed by atoms with E-state index in [0.29, 0.717) is 38.8 Å². The first-order valence-corrected chi connectivity index (χ1v) is 7.82. The van der Waals surface area contributed by atoms with Crippen molar-refractivity contribution in [2.24, 2.45) is 11.3 Å². The maximum atomic E-state index is 12.7. The Bertz CT molecular complexity index is 378. The Morgan fingerprint density at radius 1 is 1.29 bits per heavy atom. The van der Waals surface area contributed by atoms with Crippen LogP contribution in [0.1, 0.15) is 51.9 Å². The molecule has 0 aromatic carbocycles. The van der Waals surface area contributed by atoms with E-state index in [0.717, 1.165) is 6.42 Å². The van der Waals surface area contributed by atoms with Crippen LogP contribution < -0.4 is 0 Å². The van der Waals surface area contributed by atoms with Crippen LogP contribution in [0.3, 0.4) is 0 Å². The summed E-state index contributed by atoms with van der Waals surface area (Å²) in [6.45, 7) is 3.17. The van der Waals surface area contributed by atoms with Crippen molar-refractivity contribution in [3.8, 4) is 0 Å². The largest absolute Gasteiger partial charge is 0.481 e. The number of hydrogen-bond acceptors (Lipinski definition) is 2. The third kappa shape index (κ3) is 3.52. The van der Waals surface area contributed by atoms with Gasteiger partial charge in [0, 0.05) is 12.6 Å². The van der Waals surface area contributed by atoms with Gasteiger partial charge in [-0.1, -0.05) is 13.3 Å². The Morgan fingerprint density at radius 2 is 1.90 bits per heavy atom. The number of carbonyl (C=O) groups is 1. The number of alkyl halides is 3. The molecular formula is C15H24F3NO2. The molecular weight excluding hydrogens is 283 g/mol. The van der Waals surface area contributed by atoms with Gasteiger partial charge < -0.3 is 5.11 Å². The molecule has 3 nitrogen and oxygen atoms in total. The first-order chi connectivity index (χ1) is 9.78. The fourth-order valence-electron chi connectivity index (χ4n) is 3.95. The first-order valence-electron chi connectivity index (χ1n) is 7.82. The summed E-state index contributed by atoms with van der Waals surface area (Å²) >= 11 is 0. The third-order valence-corrected chi connectivity index (χ3v) is 5.24. The lowest BCUT2D eigenvalue weighted by atomic mass is 9.82. The Hall–Kier alpha value is -0.780. The lowest BCUT2D eigenvalue weighted by Crippen LogP contribution is -2.42. The molecule has 0 bridgehead atoms. The summed E-state index contributed by atoms with van der Waals surface area (Å²) < 4.78 is 38.1. The highest BCUT2D eigenvalue weighted by atomic mass is 19.4. The molecule has 2 rings (SSSR count). The van der Waals surface area contributed by atoms with E-state index in [9.17, 15) is 23.1 Å². The van der Waals surface area contributed by atoms with Gasteiger partial charge in [0.2, 0.25) is 0 Å². The van der Waals surface area contributed by atoms with Crippen molar-refractivity contribution in [3.63, 3.8) is 0 Å². The highest BCUT2D eigenvalue weighted by Crippen LogP contribution is 2.42. The molecule has 1 atom stereocenters. The lowest BCUT2D eigenvalue weighted by Gasteiger charge is -2.36. The third-order valence-electron chi connectivity index (χ3n) is 5.24. The van der Waals surface area contributed by atoms with E-state index in [1.165, 1.54) is 0 Å². The predicted molar refractivity (Wildman–Crippen MR) is 73.0 cm³/mol. The molecule has 2 aliphatic rings. The molecule has 1 saturated carbocycles. The van der Waals surface area contributed by atoms with Gasteiger partial charge in [-0.25, -0.2) is 0 Å². The van der Waals surface area contributed by atoms with E-state index in [1.54, 1.807) is 0 Å². The maximum Gasteiger partial charge on any atom is 0.391 e. The van der Waals surface area contributed by atoms with Crippen molar-refractivity contribution in [1.29, 1.82) is 0 Å². The van der Waals surface area contributed by atoms with Crippen molar-refractivity contribution in [3.05, 3.63) is 0 Å². The van der Waals surface area contributed by atoms with Crippen LogP contribution >= 0.6 is 0 Å². The number of likely N-dealkylation sites (tertiary alicyclic amines) is 1. The van der Waals surface area contributed by atoms with E-state index < -0.39 is 23.5 Å². The summed E-state index contributed by atoms with van der Waals surface area (Å²) in [7, 11) is 0. The Balaban J connectivity index is 1.92. The zero-order chi connectivity index (χ0) is 15.7. The van der Waals surface area contributed by atoms with Crippen LogP contribution in [0.4, 0.5) is 13.2 Å². The average molecular weight is 307 g/mol. The fraction of sp³-hybridized carbons (Fsp3) is 0.933. The van der Waals surface area contributed by atoms with Crippen molar-refractivity contribution in [1.82, 2.24) is 4.90 Å². The van der Waals surface area contributed by atoms with Gasteiger partial charge in [0.1, 0.15) is 0 Å². The van der Waals surface area contributed by atoms with Gasteiger partial charge in [-0.3, -0.25) is 9.69 Å². The van der Waals surface area contributed by atoms with E-state index in [4.69, 9.17) is 0 Å². The number of carboxylic acids is 1. The molecule has 0 radical (unpaired) electrons. The Morgan fingerprint density at radius 3 is 2.38 bits per heavy atom. The Kier molecular flexibility index (Phi) is 4.85. The number of rotatable bonds is 4. The molecule has 0 amide bonds. The summed E-state index contributed by atoms with van der Waals surface area (Å²) in [6, 6.07) is 0.127. The maximum absolute atomic E-state index is 12.7. The van der Waals surface area contributed by atoms with Gasteiger partial charge in [0.15, 0.2) is 0 Å². The molecule has 1 aliphatic carbocycles. The number of aliphatic carboxylic acids is 1. The van der Waals surface area contributed by atoms with Crippen LogP contribution in [-0.4, -0.2) is 41.3 Å². The fourth-order valence-corrected chi connectivity index (χ4v) is 3.95. The molecule has 1 saturated heterocycles. The molecule has 0 spiro atoms. The lowest BCUT2D eigenvalue weighted by molar-refractivity contribution is -0.184. The molecule has 1 heterocycles. The van der Waals surface area contributed by atoms with Gasteiger partial charge in [0.25, 0.3) is 0 Å². The monoisotopic (exact) mass is 307 g/mol. The Labute approximate surface area is 123 Å². The van der Waals surface area contributed by atoms with Crippen molar-refractivity contribution in [2.75, 3.05) is 13.1 Å². The molecule has 0 aromatic rings. The van der Waals surface area contributed by atoms with E-state index in [-0.39, 0.29) is 18.9 Å². The average Bonchev–Trinajstić information content (AvgIpc) is 2.84. The second-order valence-electron chi connectivity index (χ2n) is 6.60. The zero-order valence-electron chi connectivity index (χ0n) is 12.5. The van der Waals surface area contributed by atoms with Crippen LogP contribution in [-0.2, 0) is 4.79 Å². The van der Waals surface area contributed by atoms with Gasteiger partial charge in [-0.2, -0.15) is 13.2 Å². The SMILES string of the molecule is CCCC1(C(=O)O)CCN(C2CCC(C(F)(F)F)CC2)C1.